The van der Waals surface area contributed by atoms with Crippen LogP contribution in [0.15, 0.2) is 78.9 Å². The molecule has 4 aromatic carbocycles. The second-order valence-corrected chi connectivity index (χ2v) is 9.49. The fraction of sp³-hybridized carbons (Fsp3) is 0.273. The van der Waals surface area contributed by atoms with Gasteiger partial charge in [0.1, 0.15) is 5.82 Å². The monoisotopic (exact) mass is 474 g/mol. The molecule has 0 radical (unpaired) electrons. The van der Waals surface area contributed by atoms with Gasteiger partial charge in [-0.3, -0.25) is 0 Å². The number of hydrogen-bond acceptors (Lipinski definition) is 2. The van der Waals surface area contributed by atoms with Gasteiger partial charge in [0, 0.05) is 5.56 Å². The van der Waals surface area contributed by atoms with Crippen LogP contribution in [-0.2, 0) is 12.8 Å². The van der Waals surface area contributed by atoms with Crippen molar-refractivity contribution in [1.82, 2.24) is 0 Å². The molecule has 4 rings (SSSR count). The molecule has 0 bridgehead atoms. The Morgan fingerprint density at radius 3 is 1.69 bits per heavy atom. The van der Waals surface area contributed by atoms with Crippen molar-refractivity contribution in [3.05, 3.63) is 107 Å². The summed E-state index contributed by atoms with van der Waals surface area (Å²) in [6.45, 7) is 0. The van der Waals surface area contributed by atoms with Crippen LogP contribution in [0.5, 0.6) is 0 Å². The summed E-state index contributed by atoms with van der Waals surface area (Å²) >= 11 is 0. The zero-order valence-corrected chi connectivity index (χ0v) is 20.6. The highest BCUT2D eigenvalue weighted by Crippen LogP contribution is 2.25. The molecule has 0 saturated heterocycles. The second kappa shape index (κ2) is 12.7. The first kappa shape index (κ1) is 25.2. The van der Waals surface area contributed by atoms with Gasteiger partial charge >= 0.3 is 0 Å². The quantitative estimate of drug-likeness (QED) is 0.204. The van der Waals surface area contributed by atoms with Crippen LogP contribution in [0.1, 0.15) is 67.2 Å². The smallest absolute Gasteiger partial charge is 0.131 e. The summed E-state index contributed by atoms with van der Waals surface area (Å²) in [7, 11) is 0. The van der Waals surface area contributed by atoms with E-state index in [0.29, 0.717) is 16.7 Å². The van der Waals surface area contributed by atoms with Gasteiger partial charge in [-0.15, -0.1) is 0 Å². The summed E-state index contributed by atoms with van der Waals surface area (Å²) in [4.78, 5) is 0. The highest BCUT2D eigenvalue weighted by Gasteiger charge is 2.07. The third-order valence-corrected chi connectivity index (χ3v) is 6.82. The maximum absolute atomic E-state index is 14.6. The number of hydrogen-bond donors (Lipinski definition) is 0. The second-order valence-electron chi connectivity index (χ2n) is 9.49. The Bertz CT molecular complexity index is 1390. The predicted molar refractivity (Wildman–Crippen MR) is 145 cm³/mol. The van der Waals surface area contributed by atoms with E-state index in [-0.39, 0.29) is 5.82 Å². The molecule has 36 heavy (non-hydrogen) atoms. The highest BCUT2D eigenvalue weighted by molar-refractivity contribution is 5.84. The van der Waals surface area contributed by atoms with E-state index in [4.69, 9.17) is 10.5 Å². The third-order valence-electron chi connectivity index (χ3n) is 6.82. The highest BCUT2D eigenvalue weighted by atomic mass is 19.1. The average Bonchev–Trinajstić information content (AvgIpc) is 2.92. The molecule has 3 heteroatoms. The predicted octanol–water partition coefficient (Wildman–Crippen LogP) is 8.91. The normalized spacial score (nSPS) is 10.8. The number of benzene rings is 4. The first-order valence-electron chi connectivity index (χ1n) is 12.9. The zero-order valence-electron chi connectivity index (χ0n) is 20.6. The molecule has 0 saturated carbocycles. The Kier molecular flexibility index (Phi) is 8.85. The van der Waals surface area contributed by atoms with Gasteiger partial charge in [0.15, 0.2) is 0 Å². The molecule has 180 valence electrons. The van der Waals surface area contributed by atoms with Crippen LogP contribution in [-0.4, -0.2) is 0 Å². The van der Waals surface area contributed by atoms with Crippen molar-refractivity contribution in [1.29, 1.82) is 10.5 Å². The van der Waals surface area contributed by atoms with E-state index in [1.807, 2.05) is 30.3 Å². The first-order chi connectivity index (χ1) is 17.7. The van der Waals surface area contributed by atoms with E-state index < -0.39 is 0 Å². The Labute approximate surface area is 213 Å². The van der Waals surface area contributed by atoms with Gasteiger partial charge < -0.3 is 0 Å². The Balaban J connectivity index is 1.11. The SMILES string of the molecule is N#Cc1ccc(-c2ccc(CCCCCCCCCc3ccc4cc(C#N)ccc4c3)cc2F)cc1. The number of unbranched alkanes of at least 4 members (excludes halogenated alkanes) is 6. The van der Waals surface area contributed by atoms with Crippen molar-refractivity contribution in [2.45, 2.75) is 57.8 Å². The number of nitriles is 2. The van der Waals surface area contributed by atoms with Crippen LogP contribution in [0.25, 0.3) is 21.9 Å². The van der Waals surface area contributed by atoms with Crippen molar-refractivity contribution in [3.63, 3.8) is 0 Å². The number of fused-ring (bicyclic) bond motifs is 1. The standard InChI is InChI=1S/C33H31FN2/c34-33-22-26(14-19-32(33)29-15-11-27(23-35)12-16-29)9-7-5-3-1-2-4-6-8-25-10-17-31-21-28(24-36)13-18-30(31)20-25/h10-22H,1-9H2. The van der Waals surface area contributed by atoms with Crippen molar-refractivity contribution >= 4 is 10.8 Å². The molecule has 0 N–H and O–H groups in total. The molecule has 0 aliphatic carbocycles. The van der Waals surface area contributed by atoms with Gasteiger partial charge in [-0.1, -0.05) is 80.6 Å². The van der Waals surface area contributed by atoms with Gasteiger partial charge in [0.05, 0.1) is 23.3 Å². The molecule has 0 aromatic heterocycles. The van der Waals surface area contributed by atoms with E-state index in [1.165, 1.54) is 49.5 Å². The number of halogens is 1. The van der Waals surface area contributed by atoms with Crippen LogP contribution >= 0.6 is 0 Å². The maximum atomic E-state index is 14.6. The lowest BCUT2D eigenvalue weighted by Crippen LogP contribution is -1.91. The van der Waals surface area contributed by atoms with Crippen LogP contribution in [0.2, 0.25) is 0 Å². The molecule has 0 fully saturated rings. The average molecular weight is 475 g/mol. The van der Waals surface area contributed by atoms with Crippen molar-refractivity contribution in [2.75, 3.05) is 0 Å². The lowest BCUT2D eigenvalue weighted by atomic mass is 9.99. The van der Waals surface area contributed by atoms with Crippen molar-refractivity contribution in [3.8, 4) is 23.3 Å². The minimum atomic E-state index is -0.199. The Morgan fingerprint density at radius 2 is 1.06 bits per heavy atom. The summed E-state index contributed by atoms with van der Waals surface area (Å²) in [5.74, 6) is -0.199. The third kappa shape index (κ3) is 6.80. The molecule has 0 atom stereocenters. The molecule has 0 unspecified atom stereocenters. The van der Waals surface area contributed by atoms with Gasteiger partial charge in [0.25, 0.3) is 0 Å². The van der Waals surface area contributed by atoms with Gasteiger partial charge in [-0.05, 0) is 83.5 Å². The first-order valence-corrected chi connectivity index (χ1v) is 12.9. The van der Waals surface area contributed by atoms with Gasteiger partial charge in [-0.2, -0.15) is 10.5 Å². The number of rotatable bonds is 11. The Morgan fingerprint density at radius 1 is 0.528 bits per heavy atom. The minimum Gasteiger partial charge on any atom is -0.206 e. The number of aryl methyl sites for hydroxylation is 2. The summed E-state index contributed by atoms with van der Waals surface area (Å²) in [5.41, 5.74) is 5.08. The van der Waals surface area contributed by atoms with Gasteiger partial charge in [0.2, 0.25) is 0 Å². The summed E-state index contributed by atoms with van der Waals surface area (Å²) in [5, 5.41) is 20.3. The largest absolute Gasteiger partial charge is 0.206 e. The van der Waals surface area contributed by atoms with Gasteiger partial charge in [-0.25, -0.2) is 4.39 Å². The van der Waals surface area contributed by atoms with E-state index in [9.17, 15) is 4.39 Å². The lowest BCUT2D eigenvalue weighted by molar-refractivity contribution is 0.578. The molecule has 2 nitrogen and oxygen atoms in total. The fourth-order valence-corrected chi connectivity index (χ4v) is 4.73. The van der Waals surface area contributed by atoms with Crippen LogP contribution in [0.3, 0.4) is 0 Å². The summed E-state index contributed by atoms with van der Waals surface area (Å²) in [6, 6.07) is 29.3. The van der Waals surface area contributed by atoms with E-state index in [1.54, 1.807) is 30.3 Å². The van der Waals surface area contributed by atoms with Crippen molar-refractivity contribution < 1.29 is 4.39 Å². The maximum Gasteiger partial charge on any atom is 0.131 e. The topological polar surface area (TPSA) is 47.6 Å². The van der Waals surface area contributed by atoms with Crippen LogP contribution in [0.4, 0.5) is 4.39 Å². The molecule has 0 aliphatic rings. The van der Waals surface area contributed by atoms with E-state index in [0.717, 1.165) is 35.8 Å². The van der Waals surface area contributed by atoms with E-state index >= 15 is 0 Å². The Hall–Kier alpha value is -3.95. The fourth-order valence-electron chi connectivity index (χ4n) is 4.73. The summed E-state index contributed by atoms with van der Waals surface area (Å²) < 4.78 is 14.6. The molecule has 4 aromatic rings. The molecular weight excluding hydrogens is 443 g/mol. The van der Waals surface area contributed by atoms with Crippen LogP contribution < -0.4 is 0 Å². The molecule has 0 heterocycles. The van der Waals surface area contributed by atoms with E-state index in [2.05, 4.69) is 30.3 Å². The lowest BCUT2D eigenvalue weighted by Gasteiger charge is -2.07. The van der Waals surface area contributed by atoms with Crippen molar-refractivity contribution in [2.24, 2.45) is 0 Å². The molecule has 0 amide bonds. The molecular formula is C33H31FN2. The zero-order chi connectivity index (χ0) is 25.2. The minimum absolute atomic E-state index is 0.199. The summed E-state index contributed by atoms with van der Waals surface area (Å²) in [6.07, 6.45) is 10.4. The number of nitrogens with zero attached hydrogens (tertiary/aromatic N) is 2. The molecule has 0 aliphatic heterocycles. The van der Waals surface area contributed by atoms with Crippen LogP contribution in [0, 0.1) is 28.5 Å². The molecule has 0 spiro atoms.